The lowest BCUT2D eigenvalue weighted by molar-refractivity contribution is -0.144. The normalized spacial score (nSPS) is 21.4. The molecule has 14 nitrogen and oxygen atoms in total. The molecule has 0 bridgehead atoms. The average Bonchev–Trinajstić information content (AvgIpc) is 3.78. The van der Waals surface area contributed by atoms with Crippen LogP contribution in [0.1, 0.15) is 83.7 Å². The minimum Gasteiger partial charge on any atom is -0.449 e. The lowest BCUT2D eigenvalue weighted by Gasteiger charge is -2.35. The zero-order valence-corrected chi connectivity index (χ0v) is 30.4. The Hall–Kier alpha value is -4.49. The van der Waals surface area contributed by atoms with Gasteiger partial charge in [0.15, 0.2) is 0 Å². The van der Waals surface area contributed by atoms with E-state index in [1.807, 2.05) is 20.8 Å². The number of nitrogens with zero attached hydrogens (tertiary/aromatic N) is 2. The highest BCUT2D eigenvalue weighted by Gasteiger charge is 2.58. The third-order valence-corrected chi connectivity index (χ3v) is 9.88. The van der Waals surface area contributed by atoms with Crippen LogP contribution in [0.25, 0.3) is 0 Å². The van der Waals surface area contributed by atoms with Gasteiger partial charge in [-0.15, -0.1) is 0 Å². The minimum atomic E-state index is -1.18. The van der Waals surface area contributed by atoms with Gasteiger partial charge in [0.1, 0.15) is 18.1 Å². The average molecular weight is 711 g/mol. The third-order valence-electron chi connectivity index (χ3n) is 9.88. The molecular weight excluding hydrogens is 656 g/mol. The largest absolute Gasteiger partial charge is 0.449 e. The molecule has 14 heteroatoms. The molecule has 0 aromatic heterocycles. The highest BCUT2D eigenvalue weighted by molar-refractivity contribution is 6.38. The maximum absolute atomic E-state index is 14.1. The predicted octanol–water partition coefficient (Wildman–Crippen LogP) is 2.08. The Morgan fingerprint density at radius 1 is 0.941 bits per heavy atom. The predicted molar refractivity (Wildman–Crippen MR) is 188 cm³/mol. The van der Waals surface area contributed by atoms with Crippen molar-refractivity contribution in [3.05, 3.63) is 35.9 Å². The van der Waals surface area contributed by atoms with Gasteiger partial charge >= 0.3 is 6.09 Å². The second kappa shape index (κ2) is 18.1. The van der Waals surface area contributed by atoms with Crippen molar-refractivity contribution in [2.24, 2.45) is 23.7 Å². The van der Waals surface area contributed by atoms with Crippen LogP contribution in [0.3, 0.4) is 0 Å². The first-order chi connectivity index (χ1) is 24.3. The van der Waals surface area contributed by atoms with Crippen molar-refractivity contribution in [3.63, 3.8) is 0 Å². The van der Waals surface area contributed by atoms with Crippen molar-refractivity contribution in [2.45, 2.75) is 96.3 Å². The van der Waals surface area contributed by atoms with Crippen molar-refractivity contribution >= 4 is 41.4 Å². The first-order valence-electron chi connectivity index (χ1n) is 18.2. The van der Waals surface area contributed by atoms with Crippen LogP contribution < -0.4 is 21.3 Å². The van der Waals surface area contributed by atoms with Gasteiger partial charge < -0.3 is 35.8 Å². The van der Waals surface area contributed by atoms with Crippen LogP contribution in [0.15, 0.2) is 30.3 Å². The number of nitrogens with one attached hydrogen (secondary N) is 4. The molecule has 3 fully saturated rings. The summed E-state index contributed by atoms with van der Waals surface area (Å²) in [6.07, 6.45) is 5.24. The Kier molecular flexibility index (Phi) is 14.0. The molecular formula is C37H54N6O8. The minimum absolute atomic E-state index is 0.0776. The molecule has 0 radical (unpaired) electrons. The van der Waals surface area contributed by atoms with Gasteiger partial charge in [0.25, 0.3) is 5.91 Å². The van der Waals surface area contributed by atoms with E-state index >= 15 is 0 Å². The van der Waals surface area contributed by atoms with E-state index in [4.69, 9.17) is 4.74 Å². The number of hydrogen-bond donors (Lipinski definition) is 4. The van der Waals surface area contributed by atoms with Crippen molar-refractivity contribution < 1.29 is 38.3 Å². The summed E-state index contributed by atoms with van der Waals surface area (Å²) < 4.78 is 5.35. The number of carbonyl (C=O) groups is 7. The number of carbonyl (C=O) groups excluding carboxylic acids is 7. The quantitative estimate of drug-likeness (QED) is 0.188. The van der Waals surface area contributed by atoms with Gasteiger partial charge in [0.2, 0.25) is 29.4 Å². The number of ether oxygens (including phenoxy) is 1. The zero-order chi connectivity index (χ0) is 37.2. The molecule has 1 aromatic carbocycles. The van der Waals surface area contributed by atoms with E-state index < -0.39 is 60.3 Å². The number of likely N-dealkylation sites (tertiary alicyclic amines) is 1. The van der Waals surface area contributed by atoms with E-state index in [1.54, 1.807) is 44.4 Å². The molecule has 2 unspecified atom stereocenters. The number of hydrogen-bond acceptors (Lipinski definition) is 8. The van der Waals surface area contributed by atoms with Crippen molar-refractivity contribution in [2.75, 3.05) is 33.8 Å². The summed E-state index contributed by atoms with van der Waals surface area (Å²) in [6, 6.07) is 4.81. The fourth-order valence-corrected chi connectivity index (χ4v) is 7.09. The highest BCUT2D eigenvalue weighted by Crippen LogP contribution is 2.50. The molecule has 4 rings (SSSR count). The second-order valence-corrected chi connectivity index (χ2v) is 14.6. The van der Waals surface area contributed by atoms with Gasteiger partial charge in [-0.1, -0.05) is 76.8 Å². The standard InChI is InChI=1S/C37H54N6O8/c1-6-13-27(32(45)34(47)38-19-28(44)40-29(35(48)42(4)5)23-14-9-7-10-15-23)39-33(46)31-26-18-25(26)20-43(31)36(49)30(24-16-11-8-12-17-24)41-37(50)51-21-22(2)3/h7,9-10,14-15,22,24-27,29-31H,6,8,11-13,16-21H2,1-5H3,(H,38,47)(H,39,46)(H,40,44)(H,41,50)/t25-,26+,27-,29?,30+,31?/m1/s1. The Bertz CT molecular complexity index is 1430. The van der Waals surface area contributed by atoms with Crippen LogP contribution >= 0.6 is 0 Å². The first kappa shape index (κ1) is 39.3. The molecule has 2 aliphatic carbocycles. The number of fused-ring (bicyclic) bond motifs is 1. The molecule has 1 heterocycles. The Morgan fingerprint density at radius 3 is 2.25 bits per heavy atom. The molecule has 6 amide bonds. The maximum Gasteiger partial charge on any atom is 0.407 e. The highest BCUT2D eigenvalue weighted by atomic mass is 16.5. The molecule has 2 saturated carbocycles. The van der Waals surface area contributed by atoms with Gasteiger partial charge in [-0.2, -0.15) is 0 Å². The van der Waals surface area contributed by atoms with Crippen molar-refractivity contribution in [3.8, 4) is 0 Å². The molecule has 51 heavy (non-hydrogen) atoms. The van der Waals surface area contributed by atoms with E-state index in [0.29, 0.717) is 18.5 Å². The van der Waals surface area contributed by atoms with E-state index in [0.717, 1.165) is 38.5 Å². The third kappa shape index (κ3) is 10.5. The summed E-state index contributed by atoms with van der Waals surface area (Å²) in [7, 11) is 3.13. The molecule has 6 atom stereocenters. The summed E-state index contributed by atoms with van der Waals surface area (Å²) >= 11 is 0. The molecule has 1 aromatic rings. The summed E-state index contributed by atoms with van der Waals surface area (Å²) in [4.78, 5) is 95.5. The van der Waals surface area contributed by atoms with Gasteiger partial charge in [-0.05, 0) is 54.9 Å². The van der Waals surface area contributed by atoms with Crippen LogP contribution in [0.2, 0.25) is 0 Å². The smallest absolute Gasteiger partial charge is 0.407 e. The van der Waals surface area contributed by atoms with Crippen molar-refractivity contribution in [1.82, 2.24) is 31.1 Å². The zero-order valence-electron chi connectivity index (χ0n) is 30.4. The molecule has 3 aliphatic rings. The molecule has 1 aliphatic heterocycles. The van der Waals surface area contributed by atoms with Crippen molar-refractivity contribution in [1.29, 1.82) is 0 Å². The van der Waals surface area contributed by atoms with Crippen LogP contribution in [0, 0.1) is 23.7 Å². The van der Waals surface area contributed by atoms with E-state index in [2.05, 4.69) is 21.3 Å². The summed E-state index contributed by atoms with van der Waals surface area (Å²) in [5.41, 5.74) is 0.557. The molecule has 280 valence electrons. The van der Waals surface area contributed by atoms with Gasteiger partial charge in [0.05, 0.1) is 19.2 Å². The number of amides is 6. The van der Waals surface area contributed by atoms with E-state index in [-0.39, 0.29) is 48.5 Å². The number of alkyl carbamates (subject to hydrolysis) is 1. The summed E-state index contributed by atoms with van der Waals surface area (Å²) in [5, 5.41) is 10.5. The number of ketones is 1. The fourth-order valence-electron chi connectivity index (χ4n) is 7.09. The number of benzene rings is 1. The van der Waals surface area contributed by atoms with Crippen LogP contribution in [-0.4, -0.2) is 103 Å². The summed E-state index contributed by atoms with van der Waals surface area (Å²) in [6.45, 7) is 5.68. The lowest BCUT2D eigenvalue weighted by atomic mass is 9.83. The van der Waals surface area contributed by atoms with Crippen LogP contribution in [0.5, 0.6) is 0 Å². The fraction of sp³-hybridized carbons (Fsp3) is 0.649. The molecule has 4 N–H and O–H groups in total. The van der Waals surface area contributed by atoms with E-state index in [9.17, 15) is 33.6 Å². The Balaban J connectivity index is 1.39. The van der Waals surface area contributed by atoms with Crippen LogP contribution in [-0.2, 0) is 33.5 Å². The number of likely N-dealkylation sites (N-methyl/N-ethyl adjacent to an activating group) is 1. The number of rotatable bonds is 16. The summed E-state index contributed by atoms with van der Waals surface area (Å²) in [5.74, 6) is -3.76. The lowest BCUT2D eigenvalue weighted by Crippen LogP contribution is -2.59. The maximum atomic E-state index is 14.1. The van der Waals surface area contributed by atoms with E-state index in [1.165, 1.54) is 9.80 Å². The second-order valence-electron chi connectivity index (χ2n) is 14.6. The number of Topliss-reactive ketones (excluding diaryl/α,β-unsaturated/α-hetero) is 1. The van der Waals surface area contributed by atoms with Gasteiger partial charge in [0, 0.05) is 20.6 Å². The Labute approximate surface area is 300 Å². The molecule has 0 spiro atoms. The molecule has 1 saturated heterocycles. The SMILES string of the molecule is CCC[C@@H](NC(=O)C1[C@H]2C[C@@H]2CN1C(=O)[C@@H](NC(=O)OCC(C)C)C1CCCCC1)C(=O)C(=O)NCC(=O)NC(C(=O)N(C)C)c1ccccc1. The van der Waals surface area contributed by atoms with Gasteiger partial charge in [-0.3, -0.25) is 28.8 Å². The monoisotopic (exact) mass is 710 g/mol. The van der Waals surface area contributed by atoms with Gasteiger partial charge in [-0.25, -0.2) is 4.79 Å². The topological polar surface area (TPSA) is 183 Å². The van der Waals surface area contributed by atoms with Crippen LogP contribution in [0.4, 0.5) is 4.79 Å². The Morgan fingerprint density at radius 2 is 1.63 bits per heavy atom. The number of piperidine rings is 1. The first-order valence-corrected chi connectivity index (χ1v) is 18.2.